The van der Waals surface area contributed by atoms with E-state index in [1.807, 2.05) is 90.0 Å². The molecule has 6 aromatic rings. The lowest BCUT2D eigenvalue weighted by Gasteiger charge is -2.37. The Labute approximate surface area is 625 Å². The molecule has 1 aliphatic heterocycles. The molecule has 1 saturated carbocycles. The van der Waals surface area contributed by atoms with Crippen LogP contribution in [0.2, 0.25) is 0 Å². The molecule has 0 spiro atoms. The number of rotatable bonds is 22. The van der Waals surface area contributed by atoms with Crippen LogP contribution in [0.5, 0.6) is 17.2 Å². The Kier molecular flexibility index (Phi) is 35.3. The summed E-state index contributed by atoms with van der Waals surface area (Å²) in [4.78, 5) is 74.7. The zero-order valence-electron chi connectivity index (χ0n) is 65.0. The molecule has 8 rings (SSSR count). The number of hydrogen-bond acceptors (Lipinski definition) is 16. The number of aromatic hydroxyl groups is 1. The number of alkyl halides is 2. The predicted molar refractivity (Wildman–Crippen MR) is 404 cm³/mol. The summed E-state index contributed by atoms with van der Waals surface area (Å²) in [5.74, 6) is -1.29. The van der Waals surface area contributed by atoms with Crippen LogP contribution in [0, 0.1) is 32.9 Å². The number of phenolic OH excluding ortho intramolecular Hbond substituents is 1. The molecule has 1 fully saturated rings. The van der Waals surface area contributed by atoms with Crippen molar-refractivity contribution in [3.05, 3.63) is 180 Å². The first-order valence-corrected chi connectivity index (χ1v) is 38.7. The van der Waals surface area contributed by atoms with Crippen LogP contribution < -0.4 is 9.47 Å². The van der Waals surface area contributed by atoms with Gasteiger partial charge in [-0.1, -0.05) is 128 Å². The Morgan fingerprint density at radius 1 is 0.533 bits per heavy atom. The Hall–Kier alpha value is -8.01. The summed E-state index contributed by atoms with van der Waals surface area (Å²) in [5.41, 5.74) is -1.68. The molecular weight excluding hydrogens is 1390 g/mol. The summed E-state index contributed by atoms with van der Waals surface area (Å²) in [6, 6.07) is 49.2. The summed E-state index contributed by atoms with van der Waals surface area (Å²) in [5, 5.41) is 4.42. The van der Waals surface area contributed by atoms with E-state index in [1.54, 1.807) is 49.4 Å². The topological polar surface area (TPSA) is 235 Å². The second-order valence-corrected chi connectivity index (χ2v) is 33.2. The number of hydrogen-bond donors (Lipinski definition) is 1. The van der Waals surface area contributed by atoms with E-state index in [4.69, 9.17) is 28.8 Å². The summed E-state index contributed by atoms with van der Waals surface area (Å²) < 4.78 is 101. The number of fused-ring (bicyclic) bond motifs is 1. The minimum Gasteiger partial charge on any atom is -0.743 e. The summed E-state index contributed by atoms with van der Waals surface area (Å²) >= 11 is 0. The fourth-order valence-corrected chi connectivity index (χ4v) is 11.8. The zero-order valence-corrected chi connectivity index (χ0v) is 66.6. The highest BCUT2D eigenvalue weighted by Gasteiger charge is 2.48. The number of benzene rings is 6. The molecule has 1 atom stereocenters. The molecule has 16 nitrogen and oxygen atoms in total. The van der Waals surface area contributed by atoms with Crippen molar-refractivity contribution < 1.29 is 88.4 Å². The third-order valence-electron chi connectivity index (χ3n) is 19.2. The van der Waals surface area contributed by atoms with Gasteiger partial charge in [0.1, 0.15) is 40.9 Å². The first kappa shape index (κ1) is 91.2. The van der Waals surface area contributed by atoms with Crippen LogP contribution in [0.3, 0.4) is 0 Å². The molecule has 1 aliphatic carbocycles. The number of carbonyl (C=O) groups excluding carboxylic acids is 6. The molecule has 105 heavy (non-hydrogen) atoms. The number of carbonyl (C=O) groups is 6. The van der Waals surface area contributed by atoms with Crippen molar-refractivity contribution in [1.82, 2.24) is 0 Å². The molecule has 1 unspecified atom stereocenters. The van der Waals surface area contributed by atoms with Gasteiger partial charge in [0.15, 0.2) is 30.9 Å². The quantitative estimate of drug-likeness (QED) is 0.0219. The fraction of sp³-hybridized carbons (Fsp3) is 0.500. The molecule has 1 N–H and O–H groups in total. The third-order valence-corrected chi connectivity index (χ3v) is 22.5. The molecule has 0 bridgehead atoms. The zero-order chi connectivity index (χ0) is 79.4. The lowest BCUT2D eigenvalue weighted by Crippen LogP contribution is -2.44. The lowest BCUT2D eigenvalue weighted by molar-refractivity contribution is -0.174. The van der Waals surface area contributed by atoms with Crippen LogP contribution in [0.1, 0.15) is 237 Å². The smallest absolute Gasteiger partial charge is 0.369 e. The van der Waals surface area contributed by atoms with E-state index in [1.165, 1.54) is 84.9 Å². The van der Waals surface area contributed by atoms with E-state index in [0.29, 0.717) is 43.2 Å². The number of halogens is 3. The van der Waals surface area contributed by atoms with Gasteiger partial charge in [0.05, 0.1) is 43.5 Å². The van der Waals surface area contributed by atoms with Gasteiger partial charge < -0.3 is 38.1 Å². The minimum atomic E-state index is -5.86. The molecule has 0 amide bonds. The minimum absolute atomic E-state index is 0.00702. The van der Waals surface area contributed by atoms with Gasteiger partial charge in [0, 0.05) is 5.56 Å². The van der Waals surface area contributed by atoms with E-state index >= 15 is 0 Å². The highest BCUT2D eigenvalue weighted by atomic mass is 32.2. The van der Waals surface area contributed by atoms with Gasteiger partial charge in [-0.3, -0.25) is 24.0 Å². The van der Waals surface area contributed by atoms with Gasteiger partial charge in [-0.25, -0.2) is 17.6 Å². The van der Waals surface area contributed by atoms with Gasteiger partial charge >= 0.3 is 41.1 Å². The third kappa shape index (κ3) is 28.3. The monoisotopic (exact) mass is 1500 g/mol. The second kappa shape index (κ2) is 40.6. The SMILES string of the molecule is CCC(C)(C)C(=O)OC(C)(C)c1ccc(F)cc1.CCC(C)(C)C(=O)OC(C)C(F)(F)S(=O)(=O)[O-].CCC(C)(C)C(=O)Oc1ccc(O)cc1.CCC(C)(C)C(=O)Oc1ccc2c(c1)COC2=O.CCC1(OC(=O)C(C)(C)CC)CCCCCCC1.c1ccc([S+](c2ccccc2)c2ccccc2)cc1. The van der Waals surface area contributed by atoms with Gasteiger partial charge in [-0.15, -0.1) is 0 Å². The van der Waals surface area contributed by atoms with Crippen molar-refractivity contribution in [2.45, 2.75) is 259 Å². The maximum Gasteiger partial charge on any atom is 0.369 e. The van der Waals surface area contributed by atoms with Crippen LogP contribution in [0.25, 0.3) is 0 Å². The molecule has 2 aliphatic rings. The molecule has 0 radical (unpaired) electrons. The Morgan fingerprint density at radius 3 is 1.32 bits per heavy atom. The highest BCUT2D eigenvalue weighted by molar-refractivity contribution is 7.97. The standard InChI is InChI=1S/C18H15S.C16H30O2.C15H21FO2.C14H16O4.C12H16O3.C9H16F2O5S/c1-4-10-16(11-5-1)19(17-12-6-2-7-13-17)18-14-8-3-9-15-18;1-5-15(3,4)14(17)18-16(6-2)12-10-8-7-9-11-13-16;1-6-14(2,3)13(17)18-15(4,5)11-7-9-12(16)10-8-11;1-4-14(2,3)13(16)18-10-5-6-11-9(7-10)8-17-12(11)15;1-4-12(2,3)11(14)15-10-7-5-9(13)6-8-10;1-5-8(3,4)7(12)16-6(2)9(10,11)17(13,14)15/h1-15H;5-13H2,1-4H3;7-10H,6H2,1-5H3;5-7H,4,8H2,1-3H3;5-8,13H,4H2,1-3H3;6H,5H2,1-4H3,(H,13,14,15)/q+1;;;;;/p-1. The number of cyclic esters (lactones) is 1. The van der Waals surface area contributed by atoms with E-state index in [2.05, 4.69) is 110 Å². The molecule has 1 heterocycles. The van der Waals surface area contributed by atoms with E-state index in [0.717, 1.165) is 43.2 Å². The van der Waals surface area contributed by atoms with Crippen LogP contribution >= 0.6 is 0 Å². The van der Waals surface area contributed by atoms with Gasteiger partial charge in [-0.2, -0.15) is 8.78 Å². The Morgan fingerprint density at radius 2 is 0.914 bits per heavy atom. The summed E-state index contributed by atoms with van der Waals surface area (Å²) in [6.45, 7) is 34.2. The second-order valence-electron chi connectivity index (χ2n) is 29.8. The first-order valence-electron chi connectivity index (χ1n) is 36.1. The van der Waals surface area contributed by atoms with Crippen LogP contribution in [-0.4, -0.2) is 70.9 Å². The van der Waals surface area contributed by atoms with E-state index in [9.17, 15) is 54.9 Å². The largest absolute Gasteiger partial charge is 0.743 e. The molecule has 6 aromatic carbocycles. The van der Waals surface area contributed by atoms with E-state index < -0.39 is 54.7 Å². The van der Waals surface area contributed by atoms with Gasteiger partial charge in [0.2, 0.25) is 0 Å². The maximum absolute atomic E-state index is 13.0. The Bertz CT molecular complexity index is 3720. The predicted octanol–water partition coefficient (Wildman–Crippen LogP) is 20.6. The fourth-order valence-electron chi connectivity index (χ4n) is 9.26. The average Bonchev–Trinajstić information content (AvgIpc) is 0.989. The lowest BCUT2D eigenvalue weighted by atomic mass is 9.83. The molecule has 21 heteroatoms. The van der Waals surface area contributed by atoms with Crippen molar-refractivity contribution in [3.63, 3.8) is 0 Å². The maximum atomic E-state index is 13.0. The summed E-state index contributed by atoms with van der Waals surface area (Å²) in [6.07, 6.45) is 10.4. The van der Waals surface area contributed by atoms with E-state index in [-0.39, 0.29) is 69.9 Å². The number of esters is 6. The van der Waals surface area contributed by atoms with Crippen LogP contribution in [-0.2, 0) is 76.1 Å². The average molecular weight is 1500 g/mol. The highest BCUT2D eigenvalue weighted by Crippen LogP contribution is 2.38. The molecule has 0 saturated heterocycles. The molecule has 578 valence electrons. The van der Waals surface area contributed by atoms with Crippen molar-refractivity contribution in [1.29, 1.82) is 0 Å². The van der Waals surface area contributed by atoms with Crippen LogP contribution in [0.15, 0.2) is 172 Å². The Balaban J connectivity index is 0.000000328. The van der Waals surface area contributed by atoms with Crippen molar-refractivity contribution in [2.24, 2.45) is 27.1 Å². The van der Waals surface area contributed by atoms with Crippen molar-refractivity contribution in [2.75, 3.05) is 0 Å². The van der Waals surface area contributed by atoms with Gasteiger partial charge in [0.25, 0.3) is 0 Å². The van der Waals surface area contributed by atoms with Gasteiger partial charge in [-0.05, 0) is 251 Å². The van der Waals surface area contributed by atoms with Crippen molar-refractivity contribution in [3.8, 4) is 17.2 Å². The van der Waals surface area contributed by atoms with Crippen LogP contribution in [0.4, 0.5) is 13.2 Å². The molecule has 0 aromatic heterocycles. The normalized spacial score (nSPS) is 14.1. The number of ether oxygens (including phenoxy) is 6. The number of phenols is 1. The first-order chi connectivity index (χ1) is 48.8. The van der Waals surface area contributed by atoms with Crippen molar-refractivity contribution >= 4 is 56.8 Å². The molecular formula is C84H113F3O16S2. The summed E-state index contributed by atoms with van der Waals surface area (Å²) in [7, 11) is -5.87.